The van der Waals surface area contributed by atoms with E-state index < -0.39 is 12.4 Å². The van der Waals surface area contributed by atoms with Crippen LogP contribution in [0.2, 0.25) is 0 Å². The van der Waals surface area contributed by atoms with E-state index in [-0.39, 0.29) is 22.7 Å². The van der Waals surface area contributed by atoms with E-state index in [9.17, 15) is 13.6 Å². The fourth-order valence-electron chi connectivity index (χ4n) is 1.28. The van der Waals surface area contributed by atoms with Gasteiger partial charge in [-0.15, -0.1) is 0 Å². The van der Waals surface area contributed by atoms with Gasteiger partial charge in [0, 0.05) is 0 Å². The maximum Gasteiger partial charge on any atom is 0.356 e. The van der Waals surface area contributed by atoms with Crippen molar-refractivity contribution in [3.63, 3.8) is 0 Å². The fraction of sp³-hybridized carbons (Fsp3) is 0.400. The number of nitrogens with zero attached hydrogens (tertiary/aromatic N) is 1. The Balaban J connectivity index is 3.32. The smallest absolute Gasteiger partial charge is 0.356 e. The molecule has 4 nitrogen and oxygen atoms in total. The van der Waals surface area contributed by atoms with Gasteiger partial charge in [0.1, 0.15) is 0 Å². The average Bonchev–Trinajstić information content (AvgIpc) is 2.26. The van der Waals surface area contributed by atoms with Crippen LogP contribution in [0.3, 0.4) is 0 Å². The molecule has 0 fully saturated rings. The van der Waals surface area contributed by atoms with Gasteiger partial charge in [0.05, 0.1) is 19.8 Å². The number of carbonyl (C=O) groups is 1. The van der Waals surface area contributed by atoms with E-state index in [1.54, 1.807) is 0 Å². The van der Waals surface area contributed by atoms with Crippen molar-refractivity contribution in [1.29, 1.82) is 0 Å². The number of esters is 1. The molecule has 0 saturated heterocycles. The molecule has 1 aromatic heterocycles. The summed E-state index contributed by atoms with van der Waals surface area (Å²) in [7, 11) is 2.40. The second-order valence-electron chi connectivity index (χ2n) is 3.04. The van der Waals surface area contributed by atoms with Crippen LogP contribution in [0.15, 0.2) is 6.07 Å². The summed E-state index contributed by atoms with van der Waals surface area (Å²) in [5.41, 5.74) is -0.126. The molecule has 0 aromatic carbocycles. The largest absolute Gasteiger partial charge is 0.481 e. The molecule has 16 heavy (non-hydrogen) atoms. The lowest BCUT2D eigenvalue weighted by Crippen LogP contribution is -2.08. The maximum absolute atomic E-state index is 12.7. The predicted molar refractivity (Wildman–Crippen MR) is 51.8 cm³/mol. The topological polar surface area (TPSA) is 48.4 Å². The highest BCUT2D eigenvalue weighted by Gasteiger charge is 2.21. The molecule has 0 atom stereocenters. The van der Waals surface area contributed by atoms with Crippen LogP contribution in [0, 0.1) is 6.92 Å². The standard InChI is InChI=1S/C10H11F2NO3/c1-5-4-6(10(14)16-3)13-9(15-2)7(5)8(11)12/h4,8H,1-3H3. The van der Waals surface area contributed by atoms with Crippen molar-refractivity contribution in [2.45, 2.75) is 13.3 Å². The number of aromatic nitrogens is 1. The molecule has 0 unspecified atom stereocenters. The molecule has 1 rings (SSSR count). The lowest BCUT2D eigenvalue weighted by atomic mass is 10.1. The Morgan fingerprint density at radius 3 is 2.50 bits per heavy atom. The quantitative estimate of drug-likeness (QED) is 0.747. The van der Waals surface area contributed by atoms with Crippen LogP contribution in [-0.2, 0) is 4.74 Å². The van der Waals surface area contributed by atoms with Crippen LogP contribution in [0.5, 0.6) is 5.88 Å². The molecular weight excluding hydrogens is 220 g/mol. The number of pyridine rings is 1. The van der Waals surface area contributed by atoms with Crippen LogP contribution < -0.4 is 4.74 Å². The first-order chi connectivity index (χ1) is 7.51. The highest BCUT2D eigenvalue weighted by molar-refractivity contribution is 5.87. The van der Waals surface area contributed by atoms with Crippen molar-refractivity contribution in [3.8, 4) is 5.88 Å². The summed E-state index contributed by atoms with van der Waals surface area (Å²) in [6.45, 7) is 1.46. The molecule has 0 aliphatic carbocycles. The molecule has 0 amide bonds. The summed E-state index contributed by atoms with van der Waals surface area (Å²) < 4.78 is 34.5. The van der Waals surface area contributed by atoms with Crippen LogP contribution >= 0.6 is 0 Å². The summed E-state index contributed by atoms with van der Waals surface area (Å²) in [6.07, 6.45) is -2.70. The van der Waals surface area contributed by atoms with Gasteiger partial charge in [-0.3, -0.25) is 0 Å². The summed E-state index contributed by atoms with van der Waals surface area (Å²) >= 11 is 0. The molecule has 0 spiro atoms. The molecule has 0 aliphatic heterocycles. The van der Waals surface area contributed by atoms with Gasteiger partial charge in [-0.2, -0.15) is 0 Å². The van der Waals surface area contributed by atoms with Gasteiger partial charge in [0.25, 0.3) is 6.43 Å². The zero-order valence-electron chi connectivity index (χ0n) is 9.08. The third-order valence-electron chi connectivity index (χ3n) is 2.04. The predicted octanol–water partition coefficient (Wildman–Crippen LogP) is 2.12. The first-order valence-electron chi connectivity index (χ1n) is 4.43. The molecule has 0 N–H and O–H groups in total. The lowest BCUT2D eigenvalue weighted by Gasteiger charge is -2.11. The fourth-order valence-corrected chi connectivity index (χ4v) is 1.28. The number of rotatable bonds is 3. The Morgan fingerprint density at radius 2 is 2.06 bits per heavy atom. The van der Waals surface area contributed by atoms with Crippen LogP contribution in [0.1, 0.15) is 28.0 Å². The Morgan fingerprint density at radius 1 is 1.44 bits per heavy atom. The molecule has 88 valence electrons. The summed E-state index contributed by atoms with van der Waals surface area (Å²) in [6, 6.07) is 1.25. The minimum atomic E-state index is -2.70. The van der Waals surface area contributed by atoms with E-state index in [1.807, 2.05) is 0 Å². The van der Waals surface area contributed by atoms with Gasteiger partial charge in [-0.1, -0.05) is 0 Å². The number of hydrogen-bond donors (Lipinski definition) is 0. The van der Waals surface area contributed by atoms with Gasteiger partial charge < -0.3 is 9.47 Å². The van der Waals surface area contributed by atoms with Gasteiger partial charge in [0.15, 0.2) is 5.69 Å². The van der Waals surface area contributed by atoms with Crippen LogP contribution in [-0.4, -0.2) is 25.2 Å². The van der Waals surface area contributed by atoms with Crippen molar-refractivity contribution in [2.75, 3.05) is 14.2 Å². The third-order valence-corrected chi connectivity index (χ3v) is 2.04. The number of ether oxygens (including phenoxy) is 2. The Kier molecular flexibility index (Phi) is 3.76. The van der Waals surface area contributed by atoms with Crippen molar-refractivity contribution < 1.29 is 23.0 Å². The minimum Gasteiger partial charge on any atom is -0.481 e. The van der Waals surface area contributed by atoms with Crippen LogP contribution in [0.25, 0.3) is 0 Å². The second-order valence-corrected chi connectivity index (χ2v) is 3.04. The summed E-state index contributed by atoms with van der Waals surface area (Å²) in [5.74, 6) is -0.947. The summed E-state index contributed by atoms with van der Waals surface area (Å²) in [5, 5.41) is 0. The second kappa shape index (κ2) is 4.87. The van der Waals surface area contributed by atoms with Gasteiger partial charge in [-0.05, 0) is 18.6 Å². The van der Waals surface area contributed by atoms with E-state index in [0.29, 0.717) is 0 Å². The molecule has 0 radical (unpaired) electrons. The highest BCUT2D eigenvalue weighted by Crippen LogP contribution is 2.30. The first kappa shape index (κ1) is 12.4. The number of carbonyl (C=O) groups excluding carboxylic acids is 1. The van der Waals surface area contributed by atoms with E-state index in [2.05, 4.69) is 9.72 Å². The van der Waals surface area contributed by atoms with E-state index >= 15 is 0 Å². The van der Waals surface area contributed by atoms with Crippen LogP contribution in [0.4, 0.5) is 8.78 Å². The maximum atomic E-state index is 12.7. The number of aryl methyl sites for hydroxylation is 1. The Hall–Kier alpha value is -1.72. The first-order valence-corrected chi connectivity index (χ1v) is 4.43. The number of hydrogen-bond acceptors (Lipinski definition) is 4. The van der Waals surface area contributed by atoms with Crippen molar-refractivity contribution in [2.24, 2.45) is 0 Å². The van der Waals surface area contributed by atoms with Crippen molar-refractivity contribution in [3.05, 3.63) is 22.9 Å². The van der Waals surface area contributed by atoms with Gasteiger partial charge in [0.2, 0.25) is 5.88 Å². The molecule has 0 saturated carbocycles. The molecule has 0 aliphatic rings. The van der Waals surface area contributed by atoms with Gasteiger partial charge in [-0.25, -0.2) is 18.6 Å². The molecule has 1 heterocycles. The normalized spacial score (nSPS) is 10.4. The van der Waals surface area contributed by atoms with Crippen molar-refractivity contribution in [1.82, 2.24) is 4.98 Å². The zero-order chi connectivity index (χ0) is 12.3. The zero-order valence-corrected chi connectivity index (χ0v) is 9.08. The average molecular weight is 231 g/mol. The molecule has 6 heteroatoms. The SMILES string of the molecule is COC(=O)c1cc(C)c(C(F)F)c(OC)n1. The number of alkyl halides is 2. The Bertz CT molecular complexity index is 407. The number of methoxy groups -OCH3 is 2. The van der Waals surface area contributed by atoms with E-state index in [1.165, 1.54) is 27.2 Å². The third kappa shape index (κ3) is 2.26. The lowest BCUT2D eigenvalue weighted by molar-refractivity contribution is 0.0592. The molecule has 0 bridgehead atoms. The van der Waals surface area contributed by atoms with E-state index in [0.717, 1.165) is 0 Å². The minimum absolute atomic E-state index is 0.0544. The molecular formula is C10H11F2NO3. The van der Waals surface area contributed by atoms with Gasteiger partial charge >= 0.3 is 5.97 Å². The molecule has 1 aromatic rings. The monoisotopic (exact) mass is 231 g/mol. The highest BCUT2D eigenvalue weighted by atomic mass is 19.3. The summed E-state index contributed by atoms with van der Waals surface area (Å²) in [4.78, 5) is 14.9. The van der Waals surface area contributed by atoms with Crippen molar-refractivity contribution >= 4 is 5.97 Å². The number of halogens is 2. The van der Waals surface area contributed by atoms with E-state index in [4.69, 9.17) is 4.74 Å². The Labute approximate surface area is 91.2 Å².